The van der Waals surface area contributed by atoms with Crippen LogP contribution in [0.3, 0.4) is 0 Å². The third kappa shape index (κ3) is 6.56. The second-order valence-electron chi connectivity index (χ2n) is 12.3. The van der Waals surface area contributed by atoms with Gasteiger partial charge in [-0.25, -0.2) is 0 Å². The van der Waals surface area contributed by atoms with E-state index < -0.39 is 0 Å². The average molecular weight is 641 g/mol. The van der Waals surface area contributed by atoms with Crippen LogP contribution in [0.4, 0.5) is 34.1 Å². The number of para-hydroxylation sites is 2. The van der Waals surface area contributed by atoms with Gasteiger partial charge in [0.15, 0.2) is 0 Å². The van der Waals surface area contributed by atoms with E-state index >= 15 is 0 Å². The summed E-state index contributed by atoms with van der Waals surface area (Å²) in [5, 5.41) is 2.43. The van der Waals surface area contributed by atoms with Gasteiger partial charge >= 0.3 is 0 Å². The van der Waals surface area contributed by atoms with Crippen LogP contribution in [0.1, 0.15) is 11.1 Å². The first-order chi connectivity index (χ1) is 24.8. The SMILES string of the molecule is C(=Cc1ccc(N(c2ccc(-c3ccccc3)cc2)c2cccc3ccccc23)cc1)c1ccc(N(c2ccccc2)c2ccccc2)cc1. The van der Waals surface area contributed by atoms with Crippen LogP contribution in [-0.4, -0.2) is 0 Å². The number of nitrogens with zero attached hydrogens (tertiary/aromatic N) is 2. The molecule has 0 unspecified atom stereocenters. The Bertz CT molecular complexity index is 2280. The maximum Gasteiger partial charge on any atom is 0.0540 e. The number of anilines is 6. The minimum absolute atomic E-state index is 1.11. The molecule has 8 rings (SSSR count). The highest BCUT2D eigenvalue weighted by Gasteiger charge is 2.16. The molecule has 0 N–H and O–H groups in total. The number of fused-ring (bicyclic) bond motifs is 1. The molecular formula is C48H36N2. The van der Waals surface area contributed by atoms with Crippen LogP contribution in [0.25, 0.3) is 34.1 Å². The molecule has 8 aromatic carbocycles. The highest BCUT2D eigenvalue weighted by atomic mass is 15.1. The fraction of sp³-hybridized carbons (Fsp3) is 0. The summed E-state index contributed by atoms with van der Waals surface area (Å²) >= 11 is 0. The Balaban J connectivity index is 1.08. The van der Waals surface area contributed by atoms with Gasteiger partial charge in [0.1, 0.15) is 0 Å². The third-order valence-corrected chi connectivity index (χ3v) is 9.04. The summed E-state index contributed by atoms with van der Waals surface area (Å²) in [6.07, 6.45) is 4.36. The first kappa shape index (κ1) is 30.7. The van der Waals surface area contributed by atoms with E-state index in [2.05, 4.69) is 228 Å². The summed E-state index contributed by atoms with van der Waals surface area (Å²) in [6.45, 7) is 0. The van der Waals surface area contributed by atoms with Gasteiger partial charge in [-0.05, 0) is 94.4 Å². The Hall–Kier alpha value is -6.64. The molecule has 8 aromatic rings. The lowest BCUT2D eigenvalue weighted by Gasteiger charge is -2.27. The van der Waals surface area contributed by atoms with E-state index in [0.29, 0.717) is 0 Å². The molecule has 0 spiro atoms. The zero-order valence-corrected chi connectivity index (χ0v) is 27.7. The van der Waals surface area contributed by atoms with Gasteiger partial charge in [-0.1, -0.05) is 152 Å². The molecule has 0 saturated heterocycles. The van der Waals surface area contributed by atoms with Gasteiger partial charge in [0, 0.05) is 33.8 Å². The van der Waals surface area contributed by atoms with E-state index in [4.69, 9.17) is 0 Å². The maximum atomic E-state index is 2.36. The molecule has 0 aromatic heterocycles. The Morgan fingerprint density at radius 2 is 0.680 bits per heavy atom. The molecule has 0 aliphatic heterocycles. The number of rotatable bonds is 9. The lowest BCUT2D eigenvalue weighted by Crippen LogP contribution is -2.10. The van der Waals surface area contributed by atoms with Crippen LogP contribution in [0.2, 0.25) is 0 Å². The van der Waals surface area contributed by atoms with Crippen molar-refractivity contribution in [3.05, 3.63) is 217 Å². The number of hydrogen-bond donors (Lipinski definition) is 0. The van der Waals surface area contributed by atoms with E-state index in [9.17, 15) is 0 Å². The summed E-state index contributed by atoms with van der Waals surface area (Å²) in [4.78, 5) is 4.64. The predicted octanol–water partition coefficient (Wildman–Crippen LogP) is 13.6. The quantitative estimate of drug-likeness (QED) is 0.145. The summed E-state index contributed by atoms with van der Waals surface area (Å²) in [5.41, 5.74) is 11.5. The van der Waals surface area contributed by atoms with E-state index in [1.165, 1.54) is 21.9 Å². The zero-order chi connectivity index (χ0) is 33.5. The fourth-order valence-corrected chi connectivity index (χ4v) is 6.53. The normalized spacial score (nSPS) is 11.1. The van der Waals surface area contributed by atoms with Gasteiger partial charge in [-0.3, -0.25) is 0 Å². The molecule has 0 aliphatic rings. The topological polar surface area (TPSA) is 6.48 Å². The van der Waals surface area contributed by atoms with Crippen molar-refractivity contribution < 1.29 is 0 Å². The van der Waals surface area contributed by atoms with Crippen molar-refractivity contribution >= 4 is 57.0 Å². The summed E-state index contributed by atoms with van der Waals surface area (Å²) in [7, 11) is 0. The highest BCUT2D eigenvalue weighted by Crippen LogP contribution is 2.40. The first-order valence-corrected chi connectivity index (χ1v) is 17.0. The molecule has 238 valence electrons. The molecule has 0 fully saturated rings. The average Bonchev–Trinajstić information content (AvgIpc) is 3.20. The molecule has 2 heteroatoms. The second-order valence-corrected chi connectivity index (χ2v) is 12.3. The van der Waals surface area contributed by atoms with E-state index in [0.717, 1.165) is 45.3 Å². The van der Waals surface area contributed by atoms with E-state index in [1.807, 2.05) is 0 Å². The van der Waals surface area contributed by atoms with Crippen molar-refractivity contribution in [1.29, 1.82) is 0 Å². The fourth-order valence-electron chi connectivity index (χ4n) is 6.53. The second kappa shape index (κ2) is 14.2. The lowest BCUT2D eigenvalue weighted by atomic mass is 10.0. The molecule has 0 atom stereocenters. The molecule has 0 saturated carbocycles. The van der Waals surface area contributed by atoms with Crippen molar-refractivity contribution in [3.8, 4) is 11.1 Å². The number of hydrogen-bond acceptors (Lipinski definition) is 2. The lowest BCUT2D eigenvalue weighted by molar-refractivity contribution is 1.28. The van der Waals surface area contributed by atoms with E-state index in [-0.39, 0.29) is 0 Å². The Morgan fingerprint density at radius 3 is 1.24 bits per heavy atom. The van der Waals surface area contributed by atoms with Gasteiger partial charge in [-0.2, -0.15) is 0 Å². The number of benzene rings is 8. The monoisotopic (exact) mass is 640 g/mol. The minimum atomic E-state index is 1.11. The van der Waals surface area contributed by atoms with Crippen LogP contribution >= 0.6 is 0 Å². The van der Waals surface area contributed by atoms with Gasteiger partial charge in [0.2, 0.25) is 0 Å². The predicted molar refractivity (Wildman–Crippen MR) is 214 cm³/mol. The minimum Gasteiger partial charge on any atom is -0.311 e. The molecular weight excluding hydrogens is 605 g/mol. The molecule has 0 heterocycles. The van der Waals surface area contributed by atoms with E-state index in [1.54, 1.807) is 0 Å². The van der Waals surface area contributed by atoms with Crippen molar-refractivity contribution in [1.82, 2.24) is 0 Å². The van der Waals surface area contributed by atoms with Gasteiger partial charge < -0.3 is 9.80 Å². The maximum absolute atomic E-state index is 2.36. The largest absolute Gasteiger partial charge is 0.311 e. The molecule has 0 radical (unpaired) electrons. The zero-order valence-electron chi connectivity index (χ0n) is 27.7. The summed E-state index contributed by atoms with van der Waals surface area (Å²) in [6, 6.07) is 73.1. The third-order valence-electron chi connectivity index (χ3n) is 9.04. The molecule has 2 nitrogen and oxygen atoms in total. The molecule has 0 amide bonds. The van der Waals surface area contributed by atoms with Crippen molar-refractivity contribution in [2.45, 2.75) is 0 Å². The van der Waals surface area contributed by atoms with Crippen LogP contribution in [0.5, 0.6) is 0 Å². The molecule has 0 bridgehead atoms. The van der Waals surface area contributed by atoms with Crippen LogP contribution in [-0.2, 0) is 0 Å². The van der Waals surface area contributed by atoms with Crippen LogP contribution in [0, 0.1) is 0 Å². The van der Waals surface area contributed by atoms with Crippen molar-refractivity contribution in [2.24, 2.45) is 0 Å². The van der Waals surface area contributed by atoms with Crippen molar-refractivity contribution in [2.75, 3.05) is 9.80 Å². The first-order valence-electron chi connectivity index (χ1n) is 17.0. The highest BCUT2D eigenvalue weighted by molar-refractivity contribution is 5.99. The van der Waals surface area contributed by atoms with Crippen LogP contribution in [0.15, 0.2) is 206 Å². The summed E-state index contributed by atoms with van der Waals surface area (Å²) in [5.74, 6) is 0. The van der Waals surface area contributed by atoms with Crippen LogP contribution < -0.4 is 9.80 Å². The smallest absolute Gasteiger partial charge is 0.0540 e. The summed E-state index contributed by atoms with van der Waals surface area (Å²) < 4.78 is 0. The Morgan fingerprint density at radius 1 is 0.280 bits per heavy atom. The van der Waals surface area contributed by atoms with Gasteiger partial charge in [0.05, 0.1) is 5.69 Å². The molecule has 0 aliphatic carbocycles. The Labute approximate surface area is 294 Å². The van der Waals surface area contributed by atoms with Gasteiger partial charge in [-0.15, -0.1) is 0 Å². The van der Waals surface area contributed by atoms with Crippen molar-refractivity contribution in [3.63, 3.8) is 0 Å². The molecule has 50 heavy (non-hydrogen) atoms. The Kier molecular flexibility index (Phi) is 8.73. The van der Waals surface area contributed by atoms with Gasteiger partial charge in [0.25, 0.3) is 0 Å². The standard InChI is InChI=1S/C48H36N2/c1-4-13-39(14-5-1)40-29-35-46(36-30-40)50(48-22-12-16-41-15-10-11-21-47(41)48)45-33-27-38(28-34-45)24-23-37-25-31-44(32-26-37)49(42-17-6-2-7-18-42)43-19-8-3-9-20-43/h1-36H.